The van der Waals surface area contributed by atoms with Gasteiger partial charge >= 0.3 is 0 Å². The van der Waals surface area contributed by atoms with Crippen molar-refractivity contribution in [3.8, 4) is 0 Å². The zero-order valence-electron chi connectivity index (χ0n) is 16.8. The number of carbonyl (C=O) groups is 1. The number of amides is 1. The Morgan fingerprint density at radius 3 is 2.61 bits per heavy atom. The average molecular weight is 423 g/mol. The summed E-state index contributed by atoms with van der Waals surface area (Å²) in [5, 5.41) is 18.1. The van der Waals surface area contributed by atoms with Crippen molar-refractivity contribution in [3.63, 3.8) is 0 Å². The van der Waals surface area contributed by atoms with Crippen LogP contribution in [0.15, 0.2) is 47.3 Å². The Labute approximate surface area is 176 Å². The lowest BCUT2D eigenvalue weighted by molar-refractivity contribution is -0.129. The van der Waals surface area contributed by atoms with Gasteiger partial charge in [0, 0.05) is 23.7 Å². The summed E-state index contributed by atoms with van der Waals surface area (Å²) in [7, 11) is 0. The summed E-state index contributed by atoms with van der Waals surface area (Å²) in [5.74, 6) is -0.319. The Bertz CT molecular complexity index is 1320. The first kappa shape index (κ1) is 20.7. The van der Waals surface area contributed by atoms with E-state index in [1.807, 2.05) is 24.3 Å². The van der Waals surface area contributed by atoms with E-state index in [0.29, 0.717) is 36.4 Å². The molecule has 0 bridgehead atoms. The van der Waals surface area contributed by atoms with E-state index < -0.39 is 11.4 Å². The third kappa shape index (κ3) is 4.31. The van der Waals surface area contributed by atoms with Crippen LogP contribution in [-0.2, 0) is 4.79 Å². The number of nitrogens with zero attached hydrogens (tertiary/aromatic N) is 3. The summed E-state index contributed by atoms with van der Waals surface area (Å²) in [6, 6.07) is 11.5. The van der Waals surface area contributed by atoms with Crippen molar-refractivity contribution in [2.24, 2.45) is 0 Å². The number of nitrogens with one attached hydrogen (secondary N) is 2. The largest absolute Gasteiger partial charge is 0.368 e. The smallest absolute Gasteiger partial charge is 0.282 e. The summed E-state index contributed by atoms with van der Waals surface area (Å²) in [6.07, 6.45) is 3.62. The van der Waals surface area contributed by atoms with Crippen LogP contribution in [0, 0.1) is 5.82 Å². The lowest BCUT2D eigenvalue weighted by Gasteiger charge is -2.12. The van der Waals surface area contributed by atoms with Crippen LogP contribution in [0.2, 0.25) is 0 Å². The third-order valence-corrected chi connectivity index (χ3v) is 5.18. The molecule has 2 aromatic heterocycles. The maximum Gasteiger partial charge on any atom is 0.282 e. The highest BCUT2D eigenvalue weighted by atomic mass is 19.1. The van der Waals surface area contributed by atoms with Crippen LogP contribution < -0.4 is 16.4 Å². The second kappa shape index (κ2) is 9.05. The number of hydroxylamine groups is 1. The highest BCUT2D eigenvalue weighted by Crippen LogP contribution is 2.25. The van der Waals surface area contributed by atoms with Crippen LogP contribution in [0.25, 0.3) is 27.3 Å². The van der Waals surface area contributed by atoms with E-state index in [1.165, 1.54) is 22.7 Å². The molecule has 4 aromatic rings. The van der Waals surface area contributed by atoms with Gasteiger partial charge in [-0.3, -0.25) is 14.8 Å². The monoisotopic (exact) mass is 423 g/mol. The van der Waals surface area contributed by atoms with E-state index in [9.17, 15) is 14.0 Å². The van der Waals surface area contributed by atoms with Crippen molar-refractivity contribution in [1.29, 1.82) is 0 Å². The molecule has 1 amide bonds. The Hall–Kier alpha value is -3.59. The van der Waals surface area contributed by atoms with E-state index >= 15 is 0 Å². The number of aromatic nitrogens is 3. The minimum absolute atomic E-state index is 0.179. The highest BCUT2D eigenvalue weighted by molar-refractivity contribution is 6.01. The van der Waals surface area contributed by atoms with Gasteiger partial charge in [0.1, 0.15) is 5.82 Å². The quantitative estimate of drug-likeness (QED) is 0.132. The Morgan fingerprint density at radius 2 is 1.81 bits per heavy atom. The van der Waals surface area contributed by atoms with E-state index in [2.05, 4.69) is 15.4 Å². The number of carbonyl (C=O) groups excluding carboxylic acids is 1. The molecule has 0 aliphatic heterocycles. The van der Waals surface area contributed by atoms with Gasteiger partial charge in [-0.1, -0.05) is 37.1 Å². The molecule has 0 spiro atoms. The molecule has 0 atom stereocenters. The lowest BCUT2D eigenvalue weighted by atomic mass is 10.1. The number of hydrogen-bond acceptors (Lipinski definition) is 6. The molecule has 0 unspecified atom stereocenters. The van der Waals surface area contributed by atoms with Crippen molar-refractivity contribution in [2.75, 3.05) is 11.9 Å². The van der Waals surface area contributed by atoms with E-state index in [-0.39, 0.29) is 11.3 Å². The maximum atomic E-state index is 13.7. The molecule has 0 aliphatic rings. The minimum Gasteiger partial charge on any atom is -0.368 e. The van der Waals surface area contributed by atoms with Gasteiger partial charge in [0.15, 0.2) is 11.5 Å². The molecule has 0 fully saturated rings. The standard InChI is InChI=1S/C22H22FN5O3/c23-14-10-11-18-17(13-14)22(30)28-21(25-18)16-8-5-4-7-15(16)20(26-28)24-12-6-2-1-3-9-19(29)27-31/h4-5,7-8,10-11,13,31H,1-3,6,9,12H2,(H,24,26)(H,27,29). The predicted molar refractivity (Wildman–Crippen MR) is 116 cm³/mol. The summed E-state index contributed by atoms with van der Waals surface area (Å²) in [6.45, 7) is 0.638. The maximum absolute atomic E-state index is 13.7. The van der Waals surface area contributed by atoms with Gasteiger partial charge in [-0.05, 0) is 31.0 Å². The number of anilines is 1. The van der Waals surface area contributed by atoms with Gasteiger partial charge in [0.2, 0.25) is 5.91 Å². The molecule has 160 valence electrons. The van der Waals surface area contributed by atoms with E-state index in [1.54, 1.807) is 5.48 Å². The predicted octanol–water partition coefficient (Wildman–Crippen LogP) is 3.40. The molecular formula is C22H22FN5O3. The van der Waals surface area contributed by atoms with Crippen LogP contribution in [-0.4, -0.2) is 32.3 Å². The van der Waals surface area contributed by atoms with E-state index in [0.717, 1.165) is 30.0 Å². The van der Waals surface area contributed by atoms with Gasteiger partial charge in [0.25, 0.3) is 5.56 Å². The molecular weight excluding hydrogens is 401 g/mol. The number of fused-ring (bicyclic) bond motifs is 4. The molecule has 3 N–H and O–H groups in total. The fourth-order valence-corrected chi connectivity index (χ4v) is 3.61. The summed E-state index contributed by atoms with van der Waals surface area (Å²) in [4.78, 5) is 28.5. The topological polar surface area (TPSA) is 109 Å². The number of unbranched alkanes of at least 4 members (excludes halogenated alkanes) is 3. The molecule has 2 aromatic carbocycles. The zero-order chi connectivity index (χ0) is 21.8. The molecule has 2 heterocycles. The van der Waals surface area contributed by atoms with Gasteiger partial charge in [-0.2, -0.15) is 4.52 Å². The Kier molecular flexibility index (Phi) is 6.03. The fourth-order valence-electron chi connectivity index (χ4n) is 3.61. The van der Waals surface area contributed by atoms with Gasteiger partial charge in [-0.25, -0.2) is 14.9 Å². The Balaban J connectivity index is 1.59. The van der Waals surface area contributed by atoms with Crippen molar-refractivity contribution in [1.82, 2.24) is 20.1 Å². The molecule has 0 saturated carbocycles. The first-order chi connectivity index (χ1) is 15.1. The molecule has 31 heavy (non-hydrogen) atoms. The van der Waals surface area contributed by atoms with Gasteiger partial charge in [-0.15, -0.1) is 5.10 Å². The summed E-state index contributed by atoms with van der Waals surface area (Å²) >= 11 is 0. The second-order valence-electron chi connectivity index (χ2n) is 7.33. The van der Waals surface area contributed by atoms with E-state index in [4.69, 9.17) is 5.21 Å². The first-order valence-electron chi connectivity index (χ1n) is 10.2. The summed E-state index contributed by atoms with van der Waals surface area (Å²) in [5.41, 5.74) is 2.05. The Morgan fingerprint density at radius 1 is 1.03 bits per heavy atom. The van der Waals surface area contributed by atoms with Crippen LogP contribution >= 0.6 is 0 Å². The highest BCUT2D eigenvalue weighted by Gasteiger charge is 2.13. The number of halogens is 1. The molecule has 8 nitrogen and oxygen atoms in total. The molecule has 9 heteroatoms. The van der Waals surface area contributed by atoms with Crippen molar-refractivity contribution >= 4 is 39.0 Å². The van der Waals surface area contributed by atoms with Crippen molar-refractivity contribution < 1.29 is 14.4 Å². The minimum atomic E-state index is -0.498. The molecule has 0 saturated heterocycles. The fraction of sp³-hybridized carbons (Fsp3) is 0.273. The van der Waals surface area contributed by atoms with Crippen LogP contribution in [0.4, 0.5) is 10.2 Å². The first-order valence-corrected chi connectivity index (χ1v) is 10.2. The SMILES string of the molecule is O=C(CCCCCCNc1nn2c(=O)c3cc(F)ccc3nc2c2ccccc12)NO. The van der Waals surface area contributed by atoms with Crippen molar-refractivity contribution in [2.45, 2.75) is 32.1 Å². The zero-order valence-corrected chi connectivity index (χ0v) is 16.8. The average Bonchev–Trinajstić information content (AvgIpc) is 2.79. The molecule has 4 rings (SSSR count). The van der Waals surface area contributed by atoms with Crippen LogP contribution in [0.5, 0.6) is 0 Å². The van der Waals surface area contributed by atoms with Crippen molar-refractivity contribution in [3.05, 3.63) is 58.6 Å². The molecule has 0 aliphatic carbocycles. The number of rotatable bonds is 8. The van der Waals surface area contributed by atoms with Gasteiger partial charge in [0.05, 0.1) is 10.9 Å². The van der Waals surface area contributed by atoms with Crippen LogP contribution in [0.1, 0.15) is 32.1 Å². The normalized spacial score (nSPS) is 11.3. The summed E-state index contributed by atoms with van der Waals surface area (Å²) < 4.78 is 14.9. The van der Waals surface area contributed by atoms with Crippen LogP contribution in [0.3, 0.4) is 0 Å². The third-order valence-electron chi connectivity index (χ3n) is 5.18. The number of benzene rings is 2. The number of hydrogen-bond donors (Lipinski definition) is 3. The molecule has 0 radical (unpaired) electrons. The second-order valence-corrected chi connectivity index (χ2v) is 7.33. The van der Waals surface area contributed by atoms with Gasteiger partial charge < -0.3 is 5.32 Å². The lowest BCUT2D eigenvalue weighted by Crippen LogP contribution is -2.20.